The summed E-state index contributed by atoms with van der Waals surface area (Å²) in [6.45, 7) is 4.21. The van der Waals surface area contributed by atoms with E-state index in [1.165, 1.54) is 0 Å². The number of fused-ring (bicyclic) bond motifs is 1. The van der Waals surface area contributed by atoms with Gasteiger partial charge < -0.3 is 16.0 Å². The van der Waals surface area contributed by atoms with Gasteiger partial charge in [-0.2, -0.15) is 0 Å². The third-order valence-electron chi connectivity index (χ3n) is 3.81. The molecule has 1 amide bonds. The Balaban J connectivity index is 2.04. The zero-order valence-electron chi connectivity index (χ0n) is 12.3. The molecule has 1 aliphatic rings. The van der Waals surface area contributed by atoms with Gasteiger partial charge in [0.25, 0.3) is 0 Å². The highest BCUT2D eigenvalue weighted by atomic mass is 16.2. The van der Waals surface area contributed by atoms with Gasteiger partial charge in [-0.1, -0.05) is 31.5 Å². The van der Waals surface area contributed by atoms with Crippen molar-refractivity contribution in [2.75, 3.05) is 24.5 Å². The Hall–Kier alpha value is -1.55. The molecule has 1 unspecified atom stereocenters. The lowest BCUT2D eigenvalue weighted by molar-refractivity contribution is -0.119. The lowest BCUT2D eigenvalue weighted by Crippen LogP contribution is -2.38. The lowest BCUT2D eigenvalue weighted by Gasteiger charge is -2.24. The monoisotopic (exact) mass is 275 g/mol. The molecule has 0 aliphatic carbocycles. The zero-order chi connectivity index (χ0) is 14.4. The zero-order valence-corrected chi connectivity index (χ0v) is 12.3. The normalized spacial score (nSPS) is 18.3. The Morgan fingerprint density at radius 2 is 2.25 bits per heavy atom. The van der Waals surface area contributed by atoms with Gasteiger partial charge in [0.1, 0.15) is 0 Å². The Labute approximate surface area is 121 Å². The second-order valence-electron chi connectivity index (χ2n) is 5.43. The highest BCUT2D eigenvalue weighted by Gasteiger charge is 2.21. The molecule has 0 fully saturated rings. The fourth-order valence-corrected chi connectivity index (χ4v) is 2.67. The van der Waals surface area contributed by atoms with E-state index in [0.717, 1.165) is 50.0 Å². The van der Waals surface area contributed by atoms with Crippen molar-refractivity contribution in [2.24, 2.45) is 5.73 Å². The van der Waals surface area contributed by atoms with E-state index in [1.54, 1.807) is 0 Å². The maximum atomic E-state index is 12.0. The highest BCUT2D eigenvalue weighted by molar-refractivity contribution is 5.81. The summed E-state index contributed by atoms with van der Waals surface area (Å²) in [5.74, 6) is 0.101. The topological polar surface area (TPSA) is 58.4 Å². The summed E-state index contributed by atoms with van der Waals surface area (Å²) in [6.07, 6.45) is 4.14. The van der Waals surface area contributed by atoms with Gasteiger partial charge in [-0.15, -0.1) is 0 Å². The summed E-state index contributed by atoms with van der Waals surface area (Å²) >= 11 is 0. The second kappa shape index (κ2) is 7.29. The van der Waals surface area contributed by atoms with Crippen molar-refractivity contribution < 1.29 is 4.79 Å². The van der Waals surface area contributed by atoms with Crippen molar-refractivity contribution in [1.82, 2.24) is 5.32 Å². The maximum absolute atomic E-state index is 12.0. The van der Waals surface area contributed by atoms with Crippen LogP contribution in [-0.4, -0.2) is 25.5 Å². The first-order chi connectivity index (χ1) is 9.72. The smallest absolute Gasteiger partial charge is 0.239 e. The van der Waals surface area contributed by atoms with Gasteiger partial charge in [-0.05, 0) is 30.9 Å². The number of rotatable bonds is 5. The Morgan fingerprint density at radius 3 is 3.05 bits per heavy atom. The largest absolute Gasteiger partial charge is 0.362 e. The third-order valence-corrected chi connectivity index (χ3v) is 3.81. The Morgan fingerprint density at radius 1 is 1.45 bits per heavy atom. The molecule has 0 saturated heterocycles. The van der Waals surface area contributed by atoms with E-state index in [4.69, 9.17) is 5.73 Å². The molecule has 0 aromatic heterocycles. The number of nitrogens with zero attached hydrogens (tertiary/aromatic N) is 1. The van der Waals surface area contributed by atoms with Crippen LogP contribution in [0, 0.1) is 0 Å². The van der Waals surface area contributed by atoms with Gasteiger partial charge in [0, 0.05) is 24.8 Å². The van der Waals surface area contributed by atoms with Crippen LogP contribution in [0.2, 0.25) is 0 Å². The van der Waals surface area contributed by atoms with E-state index in [0.29, 0.717) is 6.54 Å². The van der Waals surface area contributed by atoms with Crippen LogP contribution in [0.25, 0.3) is 0 Å². The van der Waals surface area contributed by atoms with Crippen LogP contribution in [0.15, 0.2) is 24.3 Å². The summed E-state index contributed by atoms with van der Waals surface area (Å²) in [4.78, 5) is 14.2. The fraction of sp³-hybridized carbons (Fsp3) is 0.562. The molecular weight excluding hydrogens is 250 g/mol. The number of unbranched alkanes of at least 4 members (excludes halogenated alkanes) is 1. The van der Waals surface area contributed by atoms with E-state index in [9.17, 15) is 4.79 Å². The molecule has 3 N–H and O–H groups in total. The molecule has 1 atom stereocenters. The van der Waals surface area contributed by atoms with Crippen LogP contribution in [-0.2, 0) is 4.79 Å². The minimum atomic E-state index is 0.0827. The average molecular weight is 275 g/mol. The van der Waals surface area contributed by atoms with E-state index < -0.39 is 0 Å². The molecule has 1 heterocycles. The minimum Gasteiger partial charge on any atom is -0.362 e. The number of nitrogens with one attached hydrogen (secondary N) is 1. The number of anilines is 1. The van der Waals surface area contributed by atoms with Crippen LogP contribution >= 0.6 is 0 Å². The third kappa shape index (κ3) is 3.73. The molecule has 2 rings (SSSR count). The molecule has 110 valence electrons. The van der Waals surface area contributed by atoms with Gasteiger partial charge in [0.15, 0.2) is 0 Å². The number of nitrogens with two attached hydrogens (primary N) is 1. The van der Waals surface area contributed by atoms with Crippen molar-refractivity contribution in [1.29, 1.82) is 0 Å². The molecule has 1 aliphatic heterocycles. The number of carbonyl (C=O) groups excluding carboxylic acids is 1. The summed E-state index contributed by atoms with van der Waals surface area (Å²) < 4.78 is 0. The number of hydrogen-bond acceptors (Lipinski definition) is 3. The summed E-state index contributed by atoms with van der Waals surface area (Å²) in [5, 5.41) is 2.98. The highest BCUT2D eigenvalue weighted by Crippen LogP contribution is 2.30. The average Bonchev–Trinajstić information content (AvgIpc) is 2.60. The van der Waals surface area contributed by atoms with E-state index in [1.807, 2.05) is 12.1 Å². The summed E-state index contributed by atoms with van der Waals surface area (Å²) in [7, 11) is 0. The number of carbonyl (C=O) groups is 1. The molecule has 0 saturated carbocycles. The molecule has 4 nitrogen and oxygen atoms in total. The molecule has 0 radical (unpaired) electrons. The molecule has 0 spiro atoms. The molecule has 1 aromatic carbocycles. The van der Waals surface area contributed by atoms with Gasteiger partial charge in [0.05, 0.1) is 6.54 Å². The fourth-order valence-electron chi connectivity index (χ4n) is 2.67. The number of benzene rings is 1. The van der Waals surface area contributed by atoms with Gasteiger partial charge in [-0.25, -0.2) is 0 Å². The van der Waals surface area contributed by atoms with Crippen LogP contribution in [0.3, 0.4) is 0 Å². The number of para-hydroxylation sites is 1. The van der Waals surface area contributed by atoms with Crippen molar-refractivity contribution in [2.45, 2.75) is 38.6 Å². The van der Waals surface area contributed by atoms with E-state index in [-0.39, 0.29) is 11.9 Å². The molecule has 1 aromatic rings. The van der Waals surface area contributed by atoms with Crippen molar-refractivity contribution in [3.63, 3.8) is 0 Å². The van der Waals surface area contributed by atoms with Crippen LogP contribution < -0.4 is 16.0 Å². The number of hydrogen-bond donors (Lipinski definition) is 2. The van der Waals surface area contributed by atoms with Gasteiger partial charge in [0.2, 0.25) is 5.91 Å². The molecular formula is C16H25N3O. The van der Waals surface area contributed by atoms with Crippen LogP contribution in [0.4, 0.5) is 5.69 Å². The van der Waals surface area contributed by atoms with Crippen LogP contribution in [0.1, 0.15) is 44.2 Å². The molecule has 4 heteroatoms. The first-order valence-corrected chi connectivity index (χ1v) is 7.58. The first-order valence-electron chi connectivity index (χ1n) is 7.58. The molecule has 20 heavy (non-hydrogen) atoms. The Kier molecular flexibility index (Phi) is 5.41. The quantitative estimate of drug-likeness (QED) is 0.810. The van der Waals surface area contributed by atoms with Gasteiger partial charge >= 0.3 is 0 Å². The first kappa shape index (κ1) is 14.9. The van der Waals surface area contributed by atoms with Crippen molar-refractivity contribution >= 4 is 11.6 Å². The minimum absolute atomic E-state index is 0.0827. The van der Waals surface area contributed by atoms with Gasteiger partial charge in [-0.3, -0.25) is 4.79 Å². The predicted octanol–water partition coefficient (Wildman–Crippen LogP) is 2.20. The van der Waals surface area contributed by atoms with E-state index >= 15 is 0 Å². The summed E-state index contributed by atoms with van der Waals surface area (Å²) in [6, 6.07) is 8.26. The molecule has 0 bridgehead atoms. The van der Waals surface area contributed by atoms with Crippen molar-refractivity contribution in [3.8, 4) is 0 Å². The Bertz CT molecular complexity index is 447. The van der Waals surface area contributed by atoms with Crippen molar-refractivity contribution in [3.05, 3.63) is 29.8 Å². The second-order valence-corrected chi connectivity index (χ2v) is 5.43. The predicted molar refractivity (Wildman–Crippen MR) is 82.7 cm³/mol. The maximum Gasteiger partial charge on any atom is 0.239 e. The van der Waals surface area contributed by atoms with Crippen LogP contribution in [0.5, 0.6) is 0 Å². The lowest BCUT2D eigenvalue weighted by atomic mass is 10.0. The standard InChI is InChI=1S/C16H25N3O/c1-2-3-10-18-16(20)12-19-11-6-8-14(17)13-7-4-5-9-15(13)19/h4-5,7,9,14H,2-3,6,8,10-12,17H2,1H3,(H,18,20). The number of amides is 1. The van der Waals surface area contributed by atoms with E-state index in [2.05, 4.69) is 29.3 Å². The SMILES string of the molecule is CCCCNC(=O)CN1CCCC(N)c2ccccc21. The summed E-state index contributed by atoms with van der Waals surface area (Å²) in [5.41, 5.74) is 8.48.